The Morgan fingerprint density at radius 2 is 1.72 bits per heavy atom. The largest absolute Gasteiger partial charge is 0.489 e. The third-order valence-electron chi connectivity index (χ3n) is 9.15. The van der Waals surface area contributed by atoms with Gasteiger partial charge < -0.3 is 39.6 Å². The Kier molecular flexibility index (Phi) is 25.0. The van der Waals surface area contributed by atoms with E-state index in [9.17, 15) is 33.9 Å². The number of carbonyl (C=O) groups is 4. The minimum Gasteiger partial charge on any atom is -0.489 e. The predicted molar refractivity (Wildman–Crippen MR) is 261 cm³/mol. The lowest BCUT2D eigenvalue weighted by molar-refractivity contribution is -0.385. The number of para-hydroxylation sites is 3. The van der Waals surface area contributed by atoms with E-state index in [0.717, 1.165) is 42.1 Å². The summed E-state index contributed by atoms with van der Waals surface area (Å²) in [7, 11) is -1.97. The van der Waals surface area contributed by atoms with Gasteiger partial charge in [0.25, 0.3) is 11.6 Å². The molecule has 0 saturated heterocycles. The molecule has 17 nitrogen and oxygen atoms in total. The lowest BCUT2D eigenvalue weighted by atomic mass is 10.0. The quantitative estimate of drug-likeness (QED) is 0.0251. The summed E-state index contributed by atoms with van der Waals surface area (Å²) in [4.78, 5) is 66.8. The van der Waals surface area contributed by atoms with Crippen molar-refractivity contribution >= 4 is 106 Å². The van der Waals surface area contributed by atoms with Gasteiger partial charge in [-0.1, -0.05) is 83.7 Å². The number of alkyl halides is 3. The van der Waals surface area contributed by atoms with Crippen molar-refractivity contribution in [2.75, 3.05) is 55.6 Å². The zero-order valence-electron chi connectivity index (χ0n) is 37.3. The summed E-state index contributed by atoms with van der Waals surface area (Å²) in [5.74, 6) is -1.27. The highest BCUT2D eigenvalue weighted by atomic mass is 35.5. The maximum absolute atomic E-state index is 12.0. The zero-order valence-corrected chi connectivity index (χ0v) is 42.0. The summed E-state index contributed by atoms with van der Waals surface area (Å²) in [6.07, 6.45) is 0.870. The highest BCUT2D eigenvalue weighted by molar-refractivity contribution is 7.57. The molecule has 0 saturated carbocycles. The molecule has 0 radical (unpaired) electrons. The summed E-state index contributed by atoms with van der Waals surface area (Å²) in [6, 6.07) is 20.6. The number of carboxylic acid groups (broad SMARTS) is 1. The van der Waals surface area contributed by atoms with Crippen molar-refractivity contribution in [1.29, 1.82) is 0 Å². The van der Waals surface area contributed by atoms with Crippen LogP contribution in [0.1, 0.15) is 48.7 Å². The predicted octanol–water partition coefficient (Wildman–Crippen LogP) is 9.90. The standard InChI is InChI=1S/C14H9Cl2NO5.C14H20ClNO2.C11H11Cl2NO2.C5H12NO4P/c1-21-14(18)10-7-9(3-4-12(10)17(19)20)22-13-5-2-8(15)6-11(13)16;1-4-12-8-6-7-11(3)14(12)16(10-18-5-2)13(17)9-15;1-7-6-16-9-5-3-2-4-8(9)14(7)11(15)10(12)13;1-11(9,10)3-2-4(6)5(7)8/h2-7H,1H3;6-8H,4-5,9-10H2,1-3H3;2-5,7,10H,6H2,1H3;4H,2-3,6H2,1H3,(H,7,8)(H,9,10). The molecule has 3 unspecified atom stereocenters. The summed E-state index contributed by atoms with van der Waals surface area (Å²) < 4.78 is 31.6. The molecule has 5 rings (SSSR count). The molecule has 0 aromatic heterocycles. The minimum absolute atomic E-state index is 0.0371. The molecule has 1 heterocycles. The van der Waals surface area contributed by atoms with E-state index in [4.69, 9.17) is 87.9 Å². The molecule has 0 fully saturated rings. The van der Waals surface area contributed by atoms with Gasteiger partial charge in [0, 0.05) is 36.6 Å². The van der Waals surface area contributed by atoms with Crippen LogP contribution in [0.3, 0.4) is 0 Å². The van der Waals surface area contributed by atoms with Crippen LogP contribution < -0.4 is 25.0 Å². The fourth-order valence-electron chi connectivity index (χ4n) is 5.85. The Balaban J connectivity index is 0.000000315. The van der Waals surface area contributed by atoms with E-state index >= 15 is 0 Å². The van der Waals surface area contributed by atoms with Crippen LogP contribution in [0, 0.1) is 17.0 Å². The number of hydrogen-bond donors (Lipinski definition) is 3. The van der Waals surface area contributed by atoms with Crippen molar-refractivity contribution in [2.24, 2.45) is 5.73 Å². The van der Waals surface area contributed by atoms with Gasteiger partial charge in [0.2, 0.25) is 5.91 Å². The van der Waals surface area contributed by atoms with Crippen molar-refractivity contribution in [3.8, 4) is 17.2 Å². The Morgan fingerprint density at radius 3 is 2.27 bits per heavy atom. The van der Waals surface area contributed by atoms with Crippen LogP contribution in [0.2, 0.25) is 10.0 Å². The van der Waals surface area contributed by atoms with E-state index in [2.05, 4.69) is 11.7 Å². The fourth-order valence-corrected chi connectivity index (χ4v) is 7.41. The number of aliphatic carboxylic acids is 1. The number of ether oxygens (including phenoxy) is 4. The molecule has 4 aromatic rings. The number of nitro groups is 1. The van der Waals surface area contributed by atoms with Gasteiger partial charge in [0.1, 0.15) is 48.1 Å². The Hall–Kier alpha value is -4.68. The van der Waals surface area contributed by atoms with Crippen LogP contribution in [-0.4, -0.2) is 101 Å². The zero-order chi connectivity index (χ0) is 50.6. The second-order valence-electron chi connectivity index (χ2n) is 14.3. The first-order valence-electron chi connectivity index (χ1n) is 20.1. The molecule has 366 valence electrons. The maximum atomic E-state index is 12.0. The number of carboxylic acids is 1. The van der Waals surface area contributed by atoms with E-state index in [1.165, 1.54) is 24.9 Å². The van der Waals surface area contributed by atoms with Crippen molar-refractivity contribution in [3.05, 3.63) is 116 Å². The molecule has 2 amide bonds. The first-order chi connectivity index (χ1) is 31.5. The monoisotopic (exact) mass is 1050 g/mol. The SMILES string of the molecule is CC1COc2ccccc2N1C(=O)C(Cl)Cl.CCOCN(C(=O)CCl)c1c(C)cccc1CC.COC(=O)c1cc(Oc2ccc(Cl)cc2Cl)ccc1[N+](=O)[O-].CP(=O)(O)CCC(N)C(=O)O. The number of anilines is 2. The first kappa shape index (κ1) is 58.4. The van der Waals surface area contributed by atoms with Crippen molar-refractivity contribution in [3.63, 3.8) is 0 Å². The maximum Gasteiger partial charge on any atom is 0.345 e. The molecule has 0 aliphatic carbocycles. The number of halogens is 5. The molecule has 3 atom stereocenters. The van der Waals surface area contributed by atoms with Gasteiger partial charge in [-0.3, -0.25) is 34.0 Å². The smallest absolute Gasteiger partial charge is 0.345 e. The van der Waals surface area contributed by atoms with E-state index in [1.54, 1.807) is 21.9 Å². The number of hydrogen-bond acceptors (Lipinski definition) is 12. The van der Waals surface area contributed by atoms with Crippen molar-refractivity contribution in [1.82, 2.24) is 0 Å². The Labute approximate surface area is 413 Å². The third kappa shape index (κ3) is 18.7. The lowest BCUT2D eigenvalue weighted by Crippen LogP contribution is -2.47. The first-order valence-corrected chi connectivity index (χ1v) is 24.6. The molecule has 4 aromatic carbocycles. The average Bonchev–Trinajstić information content (AvgIpc) is 3.29. The van der Waals surface area contributed by atoms with Gasteiger partial charge in [-0.05, 0) is 81.1 Å². The van der Waals surface area contributed by atoms with Gasteiger partial charge in [-0.15, -0.1) is 11.6 Å². The van der Waals surface area contributed by atoms with Gasteiger partial charge in [0.05, 0.1) is 34.5 Å². The van der Waals surface area contributed by atoms with Crippen LogP contribution >= 0.6 is 65.4 Å². The fraction of sp³-hybridized carbons (Fsp3) is 0.364. The molecule has 4 N–H and O–H groups in total. The molecule has 23 heteroatoms. The summed E-state index contributed by atoms with van der Waals surface area (Å²) in [5.41, 5.74) is 8.35. The highest BCUT2D eigenvalue weighted by Crippen LogP contribution is 2.37. The summed E-state index contributed by atoms with van der Waals surface area (Å²) in [5, 5.41) is 19.9. The van der Waals surface area contributed by atoms with Crippen LogP contribution in [-0.2, 0) is 34.8 Å². The second-order valence-corrected chi connectivity index (χ2v) is 19.0. The number of rotatable bonds is 15. The summed E-state index contributed by atoms with van der Waals surface area (Å²) in [6.45, 7) is 10.3. The molecule has 1 aliphatic rings. The van der Waals surface area contributed by atoms with E-state index in [-0.39, 0.29) is 65.1 Å². The third-order valence-corrected chi connectivity index (χ3v) is 11.4. The minimum atomic E-state index is -3.10. The number of esters is 1. The average molecular weight is 1050 g/mol. The van der Waals surface area contributed by atoms with Gasteiger partial charge in [0.15, 0.2) is 12.2 Å². The van der Waals surface area contributed by atoms with Crippen LogP contribution in [0.15, 0.2) is 78.9 Å². The number of fused-ring (bicyclic) bond motifs is 1. The van der Waals surface area contributed by atoms with Crippen molar-refractivity contribution in [2.45, 2.75) is 57.5 Å². The Morgan fingerprint density at radius 1 is 1.04 bits per heavy atom. The van der Waals surface area contributed by atoms with Crippen LogP contribution in [0.25, 0.3) is 0 Å². The van der Waals surface area contributed by atoms with Gasteiger partial charge >= 0.3 is 11.9 Å². The molecule has 67 heavy (non-hydrogen) atoms. The number of carbonyl (C=O) groups excluding carboxylic acids is 3. The normalized spacial score (nSPS) is 13.8. The van der Waals surface area contributed by atoms with Gasteiger partial charge in [-0.25, -0.2) is 4.79 Å². The number of nitrogens with two attached hydrogens (primary N) is 1. The summed E-state index contributed by atoms with van der Waals surface area (Å²) >= 11 is 28.7. The van der Waals surface area contributed by atoms with Crippen molar-refractivity contribution < 1.29 is 57.6 Å². The number of nitrogens with zero attached hydrogens (tertiary/aromatic N) is 3. The number of nitro benzene ring substituents is 1. The molecule has 1 aliphatic heterocycles. The Bertz CT molecular complexity index is 2370. The van der Waals surface area contributed by atoms with E-state index in [1.807, 2.05) is 63.2 Å². The van der Waals surface area contributed by atoms with E-state index in [0.29, 0.717) is 29.7 Å². The van der Waals surface area contributed by atoms with E-state index < -0.39 is 35.1 Å². The number of aryl methyl sites for hydroxylation is 2. The molecular weight excluding hydrogens is 1000 g/mol. The van der Waals surface area contributed by atoms with Gasteiger partial charge in [-0.2, -0.15) is 0 Å². The number of methoxy groups -OCH3 is 1. The molecule has 0 spiro atoms. The molecular formula is C44H52Cl5N4O13P. The lowest BCUT2D eigenvalue weighted by Gasteiger charge is -2.35. The van der Waals surface area contributed by atoms with Crippen LogP contribution in [0.4, 0.5) is 17.1 Å². The number of amides is 2. The highest BCUT2D eigenvalue weighted by Gasteiger charge is 2.32. The number of benzene rings is 4. The second kappa shape index (κ2) is 28.6. The molecule has 0 bridgehead atoms. The topological polar surface area (TPSA) is 238 Å². The van der Waals surface area contributed by atoms with Crippen LogP contribution in [0.5, 0.6) is 17.2 Å².